The van der Waals surface area contributed by atoms with Gasteiger partial charge in [-0.2, -0.15) is 9.78 Å². The average Bonchev–Trinajstić information content (AvgIpc) is 3.48. The molecule has 0 atom stereocenters. The van der Waals surface area contributed by atoms with Crippen LogP contribution in [0.1, 0.15) is 32.1 Å². The van der Waals surface area contributed by atoms with E-state index in [1.54, 1.807) is 24.3 Å². The predicted octanol–water partition coefficient (Wildman–Crippen LogP) is 0.616. The van der Waals surface area contributed by atoms with Crippen LogP contribution in [-0.4, -0.2) is 48.3 Å². The van der Waals surface area contributed by atoms with E-state index in [1.807, 2.05) is 0 Å². The van der Waals surface area contributed by atoms with Crippen molar-refractivity contribution in [1.29, 1.82) is 0 Å². The number of nitrogen functional groups attached to an aromatic ring is 1. The van der Waals surface area contributed by atoms with Crippen LogP contribution in [0.2, 0.25) is 0 Å². The second kappa shape index (κ2) is 10.1. The number of carbonyl (C=O) groups excluding carboxylic acids is 2. The molecule has 16 nitrogen and oxygen atoms in total. The monoisotopic (exact) mass is 491 g/mol. The lowest BCUT2D eigenvalue weighted by Crippen LogP contribution is -2.22. The first kappa shape index (κ1) is 23.5. The third-order valence-electron chi connectivity index (χ3n) is 4.82. The number of amides is 2. The van der Waals surface area contributed by atoms with Gasteiger partial charge in [-0.25, -0.2) is 10.1 Å². The Morgan fingerprint density at radius 2 is 1.92 bits per heavy atom. The molecule has 2 heterocycles. The van der Waals surface area contributed by atoms with Crippen molar-refractivity contribution >= 4 is 35.2 Å². The van der Waals surface area contributed by atoms with Gasteiger partial charge < -0.3 is 16.8 Å². The molecule has 4 aromatic rings. The highest BCUT2D eigenvalue weighted by Crippen LogP contribution is 2.20. The molecule has 16 heteroatoms. The summed E-state index contributed by atoms with van der Waals surface area (Å²) < 4.78 is 5.74. The number of carbonyl (C=O) groups is 2. The van der Waals surface area contributed by atoms with Crippen LogP contribution in [0.15, 0.2) is 58.3 Å². The Morgan fingerprint density at radius 1 is 1.17 bits per heavy atom. The summed E-state index contributed by atoms with van der Waals surface area (Å²) in [5.74, 6) is -1.58. The van der Waals surface area contributed by atoms with Crippen LogP contribution < -0.4 is 22.2 Å². The molecule has 0 saturated carbocycles. The van der Waals surface area contributed by atoms with E-state index in [1.165, 1.54) is 24.3 Å². The summed E-state index contributed by atoms with van der Waals surface area (Å²) in [4.78, 5) is 35.2. The lowest BCUT2D eigenvalue weighted by atomic mass is 10.1. The standard InChI is InChI=1S/C20H17N11O5/c21-17-19(28-36-27-17)30-15(10-23-13-7-3-2-6-12(13)18(22)32)16(25-29-30)20(33)26-24-9-11-5-1-4-8-14(11)31(34)35/h1-9,23H,10H2,(H2,21,27)(H2,22,32)(H,26,33)/b24-9+. The number of aromatic nitrogens is 5. The minimum atomic E-state index is -0.786. The molecule has 0 aliphatic rings. The fourth-order valence-corrected chi connectivity index (χ4v) is 3.15. The van der Waals surface area contributed by atoms with Gasteiger partial charge in [0.1, 0.15) is 0 Å². The van der Waals surface area contributed by atoms with E-state index in [-0.39, 0.29) is 46.4 Å². The average molecular weight is 491 g/mol. The molecule has 0 saturated heterocycles. The Kier molecular flexibility index (Phi) is 6.57. The zero-order valence-electron chi connectivity index (χ0n) is 18.2. The fraction of sp³-hybridized carbons (Fsp3) is 0.0500. The van der Waals surface area contributed by atoms with Gasteiger partial charge in [0.25, 0.3) is 17.5 Å². The number of primary amides is 1. The minimum absolute atomic E-state index is 0.0232. The zero-order valence-corrected chi connectivity index (χ0v) is 18.2. The van der Waals surface area contributed by atoms with Crippen LogP contribution in [0.3, 0.4) is 0 Å². The van der Waals surface area contributed by atoms with Crippen molar-refractivity contribution in [3.8, 4) is 5.82 Å². The van der Waals surface area contributed by atoms with Crippen LogP contribution in [0.5, 0.6) is 0 Å². The van der Waals surface area contributed by atoms with E-state index in [0.717, 1.165) is 10.9 Å². The third kappa shape index (κ3) is 4.81. The van der Waals surface area contributed by atoms with Crippen molar-refractivity contribution in [1.82, 2.24) is 30.7 Å². The molecule has 0 unspecified atom stereocenters. The largest absolute Gasteiger partial charge is 0.379 e. The van der Waals surface area contributed by atoms with Gasteiger partial charge in [0.15, 0.2) is 5.69 Å². The van der Waals surface area contributed by atoms with Crippen LogP contribution in [-0.2, 0) is 6.54 Å². The van der Waals surface area contributed by atoms with E-state index >= 15 is 0 Å². The normalized spacial score (nSPS) is 10.9. The second-order valence-electron chi connectivity index (χ2n) is 7.05. The van der Waals surface area contributed by atoms with E-state index in [4.69, 9.17) is 11.5 Å². The summed E-state index contributed by atoms with van der Waals surface area (Å²) in [5.41, 5.74) is 14.0. The number of hydrazone groups is 1. The second-order valence-corrected chi connectivity index (χ2v) is 7.05. The quantitative estimate of drug-likeness (QED) is 0.144. The van der Waals surface area contributed by atoms with Gasteiger partial charge >= 0.3 is 0 Å². The highest BCUT2D eigenvalue weighted by atomic mass is 16.6. The number of nitrogens with two attached hydrogens (primary N) is 2. The molecule has 0 bridgehead atoms. The van der Waals surface area contributed by atoms with Crippen molar-refractivity contribution in [2.75, 3.05) is 11.1 Å². The van der Waals surface area contributed by atoms with Crippen LogP contribution in [0.25, 0.3) is 5.82 Å². The number of benzene rings is 2. The molecule has 4 rings (SSSR count). The lowest BCUT2D eigenvalue weighted by Gasteiger charge is -2.11. The Hall–Kier alpha value is -5.67. The highest BCUT2D eigenvalue weighted by Gasteiger charge is 2.24. The number of para-hydroxylation sites is 2. The number of rotatable bonds is 9. The number of nitrogens with zero attached hydrogens (tertiary/aromatic N) is 7. The molecule has 2 aromatic carbocycles. The molecule has 182 valence electrons. The Labute approximate surface area is 201 Å². The van der Waals surface area contributed by atoms with Crippen LogP contribution >= 0.6 is 0 Å². The first-order chi connectivity index (χ1) is 17.4. The summed E-state index contributed by atoms with van der Waals surface area (Å²) in [6.45, 7) is -0.0831. The van der Waals surface area contributed by atoms with E-state index in [2.05, 4.69) is 41.1 Å². The van der Waals surface area contributed by atoms with Gasteiger partial charge in [0, 0.05) is 11.8 Å². The first-order valence-corrected chi connectivity index (χ1v) is 10.1. The summed E-state index contributed by atoms with van der Waals surface area (Å²) in [6.07, 6.45) is 1.13. The molecule has 0 radical (unpaired) electrons. The summed E-state index contributed by atoms with van der Waals surface area (Å²) in [6, 6.07) is 12.4. The Morgan fingerprint density at radius 3 is 2.64 bits per heavy atom. The van der Waals surface area contributed by atoms with Gasteiger partial charge in [-0.05, 0) is 28.5 Å². The number of anilines is 2. The number of hydrogen-bond donors (Lipinski definition) is 4. The van der Waals surface area contributed by atoms with Crippen molar-refractivity contribution in [3.63, 3.8) is 0 Å². The van der Waals surface area contributed by atoms with Gasteiger partial charge in [0.2, 0.25) is 11.6 Å². The third-order valence-corrected chi connectivity index (χ3v) is 4.82. The summed E-state index contributed by atoms with van der Waals surface area (Å²) in [7, 11) is 0. The molecule has 2 amide bonds. The molecule has 0 spiro atoms. The Balaban J connectivity index is 1.62. The lowest BCUT2D eigenvalue weighted by molar-refractivity contribution is -0.385. The maximum atomic E-state index is 12.9. The van der Waals surface area contributed by atoms with Crippen LogP contribution in [0.4, 0.5) is 17.2 Å². The molecular formula is C20H17N11O5. The van der Waals surface area contributed by atoms with Crippen molar-refractivity contribution < 1.29 is 19.1 Å². The molecule has 0 aliphatic heterocycles. The van der Waals surface area contributed by atoms with Gasteiger partial charge in [0.05, 0.1) is 34.5 Å². The fourth-order valence-electron chi connectivity index (χ4n) is 3.15. The Bertz CT molecular complexity index is 1480. The molecule has 2 aromatic heterocycles. The van der Waals surface area contributed by atoms with E-state index in [0.29, 0.717) is 5.69 Å². The topological polar surface area (TPSA) is 235 Å². The zero-order chi connectivity index (χ0) is 25.7. The predicted molar refractivity (Wildman–Crippen MR) is 124 cm³/mol. The smallest absolute Gasteiger partial charge is 0.293 e. The molecule has 36 heavy (non-hydrogen) atoms. The van der Waals surface area contributed by atoms with E-state index in [9.17, 15) is 19.7 Å². The maximum absolute atomic E-state index is 12.9. The molecule has 0 fully saturated rings. The van der Waals surface area contributed by atoms with Gasteiger partial charge in [-0.1, -0.05) is 29.5 Å². The van der Waals surface area contributed by atoms with Gasteiger partial charge in [-0.15, -0.1) is 5.10 Å². The number of nitro groups is 1. The van der Waals surface area contributed by atoms with Crippen LogP contribution in [0, 0.1) is 10.1 Å². The summed E-state index contributed by atoms with van der Waals surface area (Å²) >= 11 is 0. The molecule has 0 aliphatic carbocycles. The minimum Gasteiger partial charge on any atom is -0.379 e. The van der Waals surface area contributed by atoms with Crippen molar-refractivity contribution in [2.45, 2.75) is 6.54 Å². The number of nitro benzene ring substituents is 1. The molecular weight excluding hydrogens is 474 g/mol. The highest BCUT2D eigenvalue weighted by molar-refractivity contribution is 5.98. The van der Waals surface area contributed by atoms with Crippen molar-refractivity contribution in [3.05, 3.63) is 81.2 Å². The van der Waals surface area contributed by atoms with Crippen molar-refractivity contribution in [2.24, 2.45) is 10.8 Å². The number of nitrogens with one attached hydrogen (secondary N) is 2. The van der Waals surface area contributed by atoms with E-state index < -0.39 is 16.7 Å². The van der Waals surface area contributed by atoms with Gasteiger partial charge in [-0.3, -0.25) is 19.7 Å². The number of hydrogen-bond acceptors (Lipinski definition) is 12. The SMILES string of the molecule is NC(=O)c1ccccc1NCc1c(C(=O)N/N=C/c2ccccc2[N+](=O)[O-])nnn1-c1nonc1N. The first-order valence-electron chi connectivity index (χ1n) is 10.1. The summed E-state index contributed by atoms with van der Waals surface area (Å²) in [5, 5.41) is 32.9. The maximum Gasteiger partial charge on any atom is 0.293 e. The molecule has 6 N–H and O–H groups in total.